The van der Waals surface area contributed by atoms with Crippen molar-refractivity contribution in [1.82, 2.24) is 4.98 Å². The van der Waals surface area contributed by atoms with Crippen molar-refractivity contribution >= 4 is 56.5 Å². The third-order valence-electron chi connectivity index (χ3n) is 0.449. The first-order valence-electron chi connectivity index (χ1n) is 1.56. The molecule has 0 fully saturated rings. The summed E-state index contributed by atoms with van der Waals surface area (Å²) in [6.07, 6.45) is 1.87. The zero-order chi connectivity index (χ0) is 5.28. The van der Waals surface area contributed by atoms with Crippen molar-refractivity contribution in [2.24, 2.45) is 0 Å². The molecule has 0 amide bonds. The Labute approximate surface area is 72.8 Å². The van der Waals surface area contributed by atoms with E-state index in [2.05, 4.69) is 50.2 Å². The highest BCUT2D eigenvalue weighted by Crippen LogP contribution is 2.15. The number of rotatable bonds is 0. The highest BCUT2D eigenvalue weighted by atomic mass is 127. The van der Waals surface area contributed by atoms with Crippen molar-refractivity contribution in [2.45, 2.75) is 0 Å². The molecule has 0 saturated carbocycles. The van der Waals surface area contributed by atoms with E-state index in [-0.39, 0.29) is 0 Å². The predicted octanol–water partition coefficient (Wildman–Crippen LogP) is 2.35. The Morgan fingerprint density at radius 3 is 2.43 bits per heavy atom. The lowest BCUT2D eigenvalue weighted by Gasteiger charge is -1.64. The summed E-state index contributed by atoms with van der Waals surface area (Å²) in [5.41, 5.74) is 0. The van der Waals surface area contributed by atoms with Crippen LogP contribution in [0.3, 0.4) is 0 Å². The monoisotopic (exact) mass is 337 g/mol. The molecule has 38 valence electrons. The van der Waals surface area contributed by atoms with Crippen molar-refractivity contribution in [2.75, 3.05) is 0 Å². The Kier molecular flexibility index (Phi) is 2.29. The van der Waals surface area contributed by atoms with Crippen LogP contribution in [-0.4, -0.2) is 4.98 Å². The van der Waals surface area contributed by atoms with Crippen molar-refractivity contribution in [3.05, 3.63) is 12.1 Å². The molecule has 7 heavy (non-hydrogen) atoms. The number of aromatic nitrogens is 1. The van der Waals surface area contributed by atoms with Crippen LogP contribution in [0.25, 0.3) is 0 Å². The SMILES string of the molecule is Ic1cnc(I)s1. The third-order valence-corrected chi connectivity index (χ3v) is 2.90. The molecule has 0 saturated heterocycles. The third kappa shape index (κ3) is 1.80. The Hall–Kier alpha value is 1.09. The second-order valence-electron chi connectivity index (χ2n) is 0.917. The second-order valence-corrected chi connectivity index (χ2v) is 5.60. The average molecular weight is 337 g/mol. The number of nitrogens with zero attached hydrogens (tertiary/aromatic N) is 1. The van der Waals surface area contributed by atoms with Gasteiger partial charge in [-0.05, 0) is 45.2 Å². The van der Waals surface area contributed by atoms with E-state index in [1.165, 1.54) is 2.88 Å². The number of hydrogen-bond donors (Lipinski definition) is 0. The summed E-state index contributed by atoms with van der Waals surface area (Å²) in [5.74, 6) is 0. The van der Waals surface area contributed by atoms with Gasteiger partial charge in [0.15, 0.2) is 3.01 Å². The molecule has 1 aromatic rings. The van der Waals surface area contributed by atoms with Crippen molar-refractivity contribution in [1.29, 1.82) is 0 Å². The van der Waals surface area contributed by atoms with E-state index >= 15 is 0 Å². The quantitative estimate of drug-likeness (QED) is 0.663. The van der Waals surface area contributed by atoms with Crippen LogP contribution in [0.4, 0.5) is 0 Å². The van der Waals surface area contributed by atoms with Gasteiger partial charge in [0.05, 0.1) is 9.08 Å². The van der Waals surface area contributed by atoms with Crippen molar-refractivity contribution in [3.8, 4) is 0 Å². The van der Waals surface area contributed by atoms with Crippen LogP contribution >= 0.6 is 56.5 Å². The smallest absolute Gasteiger partial charge is 0.154 e. The van der Waals surface area contributed by atoms with E-state index in [0.717, 1.165) is 3.01 Å². The maximum absolute atomic E-state index is 4.01. The summed E-state index contributed by atoms with van der Waals surface area (Å²) >= 11 is 6.16. The van der Waals surface area contributed by atoms with Gasteiger partial charge < -0.3 is 0 Å². The van der Waals surface area contributed by atoms with Gasteiger partial charge in [0.2, 0.25) is 0 Å². The van der Waals surface area contributed by atoms with E-state index in [0.29, 0.717) is 0 Å². The second kappa shape index (κ2) is 2.58. The Bertz CT molecular complexity index is 145. The average Bonchev–Trinajstić information content (AvgIpc) is 1.87. The molecule has 0 N–H and O–H groups in total. The normalized spacial score (nSPS) is 9.43. The molecule has 0 bridgehead atoms. The molecule has 0 unspecified atom stereocenters. The molecule has 1 aromatic heterocycles. The Morgan fingerprint density at radius 1 is 1.57 bits per heavy atom. The van der Waals surface area contributed by atoms with Crippen LogP contribution in [0.5, 0.6) is 0 Å². The molecule has 4 heteroatoms. The molecule has 1 nitrogen and oxygen atoms in total. The molecule has 0 aliphatic rings. The van der Waals surface area contributed by atoms with Gasteiger partial charge in [0.1, 0.15) is 0 Å². The van der Waals surface area contributed by atoms with Gasteiger partial charge in [-0.15, -0.1) is 11.3 Å². The lowest BCUT2D eigenvalue weighted by atomic mass is 11.0. The van der Waals surface area contributed by atoms with Gasteiger partial charge in [0.25, 0.3) is 0 Å². The molecule has 0 aliphatic heterocycles. The van der Waals surface area contributed by atoms with Crippen LogP contribution in [0.2, 0.25) is 0 Å². The first-order chi connectivity index (χ1) is 3.29. The fourth-order valence-electron chi connectivity index (χ4n) is 0.235. The van der Waals surface area contributed by atoms with E-state index in [1.54, 1.807) is 11.3 Å². The molecule has 0 aromatic carbocycles. The highest BCUT2D eigenvalue weighted by Gasteiger charge is 1.89. The number of hydrogen-bond acceptors (Lipinski definition) is 2. The first kappa shape index (κ1) is 6.21. The molecule has 0 aliphatic carbocycles. The standard InChI is InChI=1S/C3HI2NS/c4-2-1-6-3(5)7-2/h1H. The molecule has 0 atom stereocenters. The zero-order valence-corrected chi connectivity index (χ0v) is 8.32. The summed E-state index contributed by atoms with van der Waals surface area (Å²) in [6, 6.07) is 0. The summed E-state index contributed by atoms with van der Waals surface area (Å²) < 4.78 is 2.36. The lowest BCUT2D eigenvalue weighted by Crippen LogP contribution is -1.54. The van der Waals surface area contributed by atoms with Gasteiger partial charge >= 0.3 is 0 Å². The van der Waals surface area contributed by atoms with Crippen LogP contribution in [0.1, 0.15) is 0 Å². The fraction of sp³-hybridized carbons (Fsp3) is 0. The lowest BCUT2D eigenvalue weighted by molar-refractivity contribution is 1.37. The van der Waals surface area contributed by atoms with Crippen molar-refractivity contribution in [3.63, 3.8) is 0 Å². The van der Waals surface area contributed by atoms with Gasteiger partial charge in [-0.25, -0.2) is 4.98 Å². The van der Waals surface area contributed by atoms with E-state index in [9.17, 15) is 0 Å². The van der Waals surface area contributed by atoms with E-state index in [4.69, 9.17) is 0 Å². The fourth-order valence-corrected chi connectivity index (χ4v) is 3.49. The van der Waals surface area contributed by atoms with Crippen LogP contribution in [0, 0.1) is 5.90 Å². The Morgan fingerprint density at radius 2 is 2.29 bits per heavy atom. The van der Waals surface area contributed by atoms with Crippen LogP contribution in [0.15, 0.2) is 6.20 Å². The van der Waals surface area contributed by atoms with Crippen molar-refractivity contribution < 1.29 is 0 Å². The topological polar surface area (TPSA) is 12.9 Å². The molecule has 1 rings (SSSR count). The van der Waals surface area contributed by atoms with Gasteiger partial charge in [-0.1, -0.05) is 0 Å². The van der Waals surface area contributed by atoms with Gasteiger partial charge in [-0.2, -0.15) is 0 Å². The molecule has 0 radical (unpaired) electrons. The highest BCUT2D eigenvalue weighted by molar-refractivity contribution is 14.1. The minimum Gasteiger partial charge on any atom is -0.237 e. The molecule has 0 spiro atoms. The van der Waals surface area contributed by atoms with Crippen LogP contribution in [-0.2, 0) is 0 Å². The minimum atomic E-state index is 1.11. The molecular weight excluding hydrogens is 336 g/mol. The van der Waals surface area contributed by atoms with Crippen LogP contribution < -0.4 is 0 Å². The van der Waals surface area contributed by atoms with E-state index < -0.39 is 0 Å². The van der Waals surface area contributed by atoms with Gasteiger partial charge in [-0.3, -0.25) is 0 Å². The molecule has 1 heterocycles. The first-order valence-corrected chi connectivity index (χ1v) is 4.53. The number of halogens is 2. The minimum absolute atomic E-state index is 1.11. The Balaban J connectivity index is 3.04. The predicted molar refractivity (Wildman–Crippen MR) is 47.5 cm³/mol. The number of thiazole rings is 1. The maximum Gasteiger partial charge on any atom is 0.154 e. The molecular formula is C3HI2NS. The maximum atomic E-state index is 4.01. The largest absolute Gasteiger partial charge is 0.237 e. The summed E-state index contributed by atoms with van der Waals surface area (Å²) in [7, 11) is 0. The van der Waals surface area contributed by atoms with Gasteiger partial charge in [0, 0.05) is 0 Å². The zero-order valence-electron chi connectivity index (χ0n) is 3.19. The van der Waals surface area contributed by atoms with E-state index in [1.807, 2.05) is 6.20 Å². The summed E-state index contributed by atoms with van der Waals surface area (Å²) in [4.78, 5) is 4.01. The summed E-state index contributed by atoms with van der Waals surface area (Å²) in [5, 5.41) is 0. The summed E-state index contributed by atoms with van der Waals surface area (Å²) in [6.45, 7) is 0.